The van der Waals surface area contributed by atoms with Gasteiger partial charge in [0.25, 0.3) is 0 Å². The van der Waals surface area contributed by atoms with Crippen molar-refractivity contribution in [3.05, 3.63) is 114 Å². The average molecular weight is 520 g/mol. The zero-order chi connectivity index (χ0) is 26.9. The molecule has 1 aliphatic rings. The van der Waals surface area contributed by atoms with Crippen LogP contribution in [0.25, 0.3) is 22.0 Å². The summed E-state index contributed by atoms with van der Waals surface area (Å²) in [4.78, 5) is 11.7. The second-order valence-corrected chi connectivity index (χ2v) is 9.36. The van der Waals surface area contributed by atoms with Gasteiger partial charge in [-0.15, -0.1) is 0 Å². The van der Waals surface area contributed by atoms with Crippen molar-refractivity contribution in [1.82, 2.24) is 15.5 Å². The Balaban J connectivity index is 1.69. The van der Waals surface area contributed by atoms with Gasteiger partial charge in [0.2, 0.25) is 11.9 Å². The van der Waals surface area contributed by atoms with Gasteiger partial charge < -0.3 is 5.32 Å². The van der Waals surface area contributed by atoms with Gasteiger partial charge in [-0.25, -0.2) is 0 Å². The molecule has 0 aliphatic heterocycles. The fourth-order valence-corrected chi connectivity index (χ4v) is 4.91. The lowest BCUT2D eigenvalue weighted by Gasteiger charge is -2.32. The number of aromatic nitrogens is 2. The maximum absolute atomic E-state index is 14.5. The van der Waals surface area contributed by atoms with E-state index in [9.17, 15) is 22.4 Å². The molecule has 1 aliphatic carbocycles. The van der Waals surface area contributed by atoms with Gasteiger partial charge in [-0.3, -0.25) is 9.89 Å². The van der Waals surface area contributed by atoms with E-state index in [1.54, 1.807) is 24.3 Å². The molecule has 1 amide bonds. The molecular weight excluding hydrogens is 494 g/mol. The molecule has 1 atom stereocenters. The minimum atomic E-state index is -4.69. The topological polar surface area (TPSA) is 57.8 Å². The quantitative estimate of drug-likeness (QED) is 0.152. The third-order valence-electron chi connectivity index (χ3n) is 7.00. The summed E-state index contributed by atoms with van der Waals surface area (Å²) in [5.74, 6) is -1.21. The summed E-state index contributed by atoms with van der Waals surface area (Å²) in [7, 11) is 0. The Bertz CT molecular complexity index is 1500. The van der Waals surface area contributed by atoms with E-state index in [4.69, 9.17) is 0 Å². The zero-order valence-electron chi connectivity index (χ0n) is 20.4. The highest BCUT2D eigenvalue weighted by atomic mass is 19.4. The fourth-order valence-electron chi connectivity index (χ4n) is 4.91. The Morgan fingerprint density at radius 1 is 1.00 bits per heavy atom. The lowest BCUT2D eigenvalue weighted by atomic mass is 9.73. The maximum Gasteiger partial charge on any atom is 0.412 e. The van der Waals surface area contributed by atoms with E-state index in [1.165, 1.54) is 12.1 Å². The molecule has 38 heavy (non-hydrogen) atoms. The normalized spacial score (nSPS) is 15.5. The summed E-state index contributed by atoms with van der Waals surface area (Å²) in [5, 5.41) is 8.64. The van der Waals surface area contributed by atoms with Crippen LogP contribution in [0.5, 0.6) is 0 Å². The number of allylic oxidation sites excluding steroid dienone is 1. The number of carbonyl (C=O) groups excluding carboxylic acids is 1. The van der Waals surface area contributed by atoms with E-state index in [0.29, 0.717) is 16.5 Å². The number of halogens is 4. The lowest BCUT2D eigenvalue weighted by Crippen LogP contribution is -2.37. The number of carbonyl (C=O) groups is 1. The fraction of sp³-hybridized carbons (Fsp3) is 0.200. The number of hydrogen-bond acceptors (Lipinski definition) is 2. The number of amides is 1. The van der Waals surface area contributed by atoms with Crippen LogP contribution in [0.3, 0.4) is 0 Å². The molecule has 4 aromatic rings. The monoisotopic (exact) mass is 519 g/mol. The van der Waals surface area contributed by atoms with Crippen molar-refractivity contribution in [3.63, 3.8) is 0 Å². The maximum atomic E-state index is 14.5. The van der Waals surface area contributed by atoms with E-state index in [0.717, 1.165) is 47.6 Å². The minimum Gasteiger partial charge on any atom is -0.337 e. The van der Waals surface area contributed by atoms with Crippen LogP contribution in [0.1, 0.15) is 47.6 Å². The van der Waals surface area contributed by atoms with Gasteiger partial charge in [-0.1, -0.05) is 73.7 Å². The molecule has 0 saturated heterocycles. The second-order valence-electron chi connectivity index (χ2n) is 9.36. The molecule has 8 heteroatoms. The number of H-pyrrole nitrogens is 1. The molecule has 2 N–H and O–H groups in total. The van der Waals surface area contributed by atoms with Crippen LogP contribution in [0.4, 0.5) is 17.6 Å². The van der Waals surface area contributed by atoms with Crippen LogP contribution in [0, 0.1) is 11.9 Å². The summed E-state index contributed by atoms with van der Waals surface area (Å²) in [6.45, 7) is 3.24. The molecule has 1 fully saturated rings. The zero-order valence-corrected chi connectivity index (χ0v) is 20.4. The molecule has 1 saturated carbocycles. The predicted molar refractivity (Wildman–Crippen MR) is 139 cm³/mol. The first-order valence-electron chi connectivity index (χ1n) is 12.3. The van der Waals surface area contributed by atoms with Crippen molar-refractivity contribution in [2.75, 3.05) is 0 Å². The van der Waals surface area contributed by atoms with Crippen LogP contribution in [-0.2, 0) is 4.79 Å². The second kappa shape index (κ2) is 10.3. The van der Waals surface area contributed by atoms with Gasteiger partial charge in [0.05, 0.1) is 10.9 Å². The first kappa shape index (κ1) is 25.4. The van der Waals surface area contributed by atoms with Crippen molar-refractivity contribution in [1.29, 1.82) is 0 Å². The smallest absolute Gasteiger partial charge is 0.337 e. The Kier molecular flexibility index (Phi) is 6.89. The first-order valence-corrected chi connectivity index (χ1v) is 12.3. The summed E-state index contributed by atoms with van der Waals surface area (Å²) in [6, 6.07) is 19.0. The highest BCUT2D eigenvalue weighted by molar-refractivity contribution is 6.01. The predicted octanol–water partition coefficient (Wildman–Crippen LogP) is 7.37. The number of aromatic amines is 1. The van der Waals surface area contributed by atoms with Crippen LogP contribution in [0.15, 0.2) is 85.5 Å². The van der Waals surface area contributed by atoms with Gasteiger partial charge in [-0.05, 0) is 70.4 Å². The van der Waals surface area contributed by atoms with E-state index in [2.05, 4.69) is 16.8 Å². The van der Waals surface area contributed by atoms with Gasteiger partial charge in [0.1, 0.15) is 0 Å². The lowest BCUT2D eigenvalue weighted by molar-refractivity contribution is -0.162. The molecule has 0 spiro atoms. The number of benzene rings is 3. The van der Waals surface area contributed by atoms with Crippen LogP contribution in [0.2, 0.25) is 0 Å². The number of nitrogens with one attached hydrogen (secondary N) is 2. The molecule has 0 bridgehead atoms. The highest BCUT2D eigenvalue weighted by Gasteiger charge is 2.41. The largest absolute Gasteiger partial charge is 0.412 e. The standard InChI is InChI=1S/C30H25F4N3O/c1-2-25(38)35-28(30(32,33)34)21-13-11-20(12-14-21)27(22-15-16-24-23(17-22)29(31)37-36-24)26(19-9-6-10-19)18-7-4-3-5-8-18/h2-5,7-8,11-17,19,28H,1,6,9-10H2,(H,35,38)(H,36,37)/b27-26-. The Morgan fingerprint density at radius 3 is 2.29 bits per heavy atom. The van der Waals surface area contributed by atoms with Gasteiger partial charge in [0.15, 0.2) is 6.04 Å². The molecule has 1 heterocycles. The average Bonchev–Trinajstić information content (AvgIpc) is 3.26. The summed E-state index contributed by atoms with van der Waals surface area (Å²) in [5.41, 5.74) is 4.72. The molecule has 1 unspecified atom stereocenters. The Labute approximate surface area is 217 Å². The van der Waals surface area contributed by atoms with Crippen LogP contribution < -0.4 is 5.32 Å². The van der Waals surface area contributed by atoms with Crippen molar-refractivity contribution >= 4 is 28.0 Å². The number of nitrogens with zero attached hydrogens (tertiary/aromatic N) is 1. The Morgan fingerprint density at radius 2 is 1.68 bits per heavy atom. The van der Waals surface area contributed by atoms with Crippen LogP contribution >= 0.6 is 0 Å². The summed E-state index contributed by atoms with van der Waals surface area (Å²) in [6.07, 6.45) is -0.831. The first-order chi connectivity index (χ1) is 18.3. The summed E-state index contributed by atoms with van der Waals surface area (Å²) >= 11 is 0. The number of alkyl halides is 3. The van der Waals surface area contributed by atoms with E-state index < -0.39 is 24.1 Å². The minimum absolute atomic E-state index is 0.1000. The Hall–Kier alpha value is -4.20. The van der Waals surface area contributed by atoms with Crippen LogP contribution in [-0.4, -0.2) is 22.3 Å². The molecule has 194 valence electrons. The molecule has 0 radical (unpaired) electrons. The molecule has 4 nitrogen and oxygen atoms in total. The SMILES string of the molecule is C=CC(=O)NC(c1ccc(/C(=C(\c2ccccc2)C2CCC2)c2ccc3n[nH]c(F)c3c2)cc1)C(F)(F)F. The van der Waals surface area contributed by atoms with Gasteiger partial charge in [-0.2, -0.15) is 22.7 Å². The number of hydrogen-bond donors (Lipinski definition) is 2. The summed E-state index contributed by atoms with van der Waals surface area (Å²) < 4.78 is 55.8. The van der Waals surface area contributed by atoms with Crippen molar-refractivity contribution in [2.45, 2.75) is 31.5 Å². The van der Waals surface area contributed by atoms with Crippen molar-refractivity contribution in [3.8, 4) is 0 Å². The highest BCUT2D eigenvalue weighted by Crippen LogP contribution is 2.45. The number of rotatable bonds is 7. The third kappa shape index (κ3) is 4.98. The molecule has 3 aromatic carbocycles. The van der Waals surface area contributed by atoms with Crippen molar-refractivity contribution in [2.24, 2.45) is 5.92 Å². The number of fused-ring (bicyclic) bond motifs is 1. The van der Waals surface area contributed by atoms with Crippen molar-refractivity contribution < 1.29 is 22.4 Å². The molecule has 1 aromatic heterocycles. The van der Waals surface area contributed by atoms with E-state index in [-0.39, 0.29) is 11.5 Å². The van der Waals surface area contributed by atoms with Gasteiger partial charge >= 0.3 is 6.18 Å². The third-order valence-corrected chi connectivity index (χ3v) is 7.00. The molecule has 5 rings (SSSR count). The van der Waals surface area contributed by atoms with E-state index >= 15 is 0 Å². The van der Waals surface area contributed by atoms with Gasteiger partial charge in [0, 0.05) is 0 Å². The van der Waals surface area contributed by atoms with E-state index in [1.807, 2.05) is 41.7 Å². The molecular formula is C30H25F4N3O.